The van der Waals surface area contributed by atoms with Crippen molar-refractivity contribution in [2.45, 2.75) is 6.61 Å². The maximum Gasteiger partial charge on any atom is 0.106 e. The van der Waals surface area contributed by atoms with Crippen molar-refractivity contribution in [1.82, 2.24) is 4.98 Å². The summed E-state index contributed by atoms with van der Waals surface area (Å²) in [7, 11) is 1.48. The van der Waals surface area contributed by atoms with Crippen LogP contribution < -0.4 is 0 Å². The van der Waals surface area contributed by atoms with E-state index in [0.717, 1.165) is 0 Å². The van der Waals surface area contributed by atoms with E-state index < -0.39 is 0 Å². The summed E-state index contributed by atoms with van der Waals surface area (Å²) < 4.78 is 27.4. The molecule has 0 spiro atoms. The van der Waals surface area contributed by atoms with Gasteiger partial charge in [-0.15, -0.1) is 0 Å². The molecule has 54 valence electrons. The molecule has 0 bridgehead atoms. The van der Waals surface area contributed by atoms with E-state index >= 15 is 0 Å². The highest BCUT2D eigenvalue weighted by molar-refractivity contribution is 9.10. The number of pyridine rings is 1. The van der Waals surface area contributed by atoms with Gasteiger partial charge in [0.15, 0.2) is 0 Å². The molecule has 1 heterocycles. The molecule has 0 amide bonds. The SMILES string of the molecule is [2H]c1nc(Br)c([2H])c(COC)c1[2H]. The lowest BCUT2D eigenvalue weighted by atomic mass is 10.3. The van der Waals surface area contributed by atoms with Crippen LogP contribution in [-0.4, -0.2) is 12.1 Å². The number of rotatable bonds is 2. The van der Waals surface area contributed by atoms with Crippen molar-refractivity contribution in [3.8, 4) is 0 Å². The first-order chi connectivity index (χ1) is 6.07. The molecule has 1 aromatic heterocycles. The molecule has 0 atom stereocenters. The number of methoxy groups -OCH3 is 1. The average molecular weight is 205 g/mol. The third-order valence-electron chi connectivity index (χ3n) is 0.904. The molecule has 0 saturated heterocycles. The van der Waals surface area contributed by atoms with E-state index in [0.29, 0.717) is 5.56 Å². The van der Waals surface area contributed by atoms with Gasteiger partial charge in [-0.3, -0.25) is 0 Å². The summed E-state index contributed by atoms with van der Waals surface area (Å²) in [6.45, 7) is 0.157. The molecule has 0 aromatic carbocycles. The van der Waals surface area contributed by atoms with Crippen molar-refractivity contribution in [3.05, 3.63) is 28.4 Å². The zero-order chi connectivity index (χ0) is 10.0. The largest absolute Gasteiger partial charge is 0.380 e. The molecule has 0 unspecified atom stereocenters. The van der Waals surface area contributed by atoms with Crippen molar-refractivity contribution in [3.63, 3.8) is 0 Å². The van der Waals surface area contributed by atoms with Crippen LogP contribution in [-0.2, 0) is 11.3 Å². The average Bonchev–Trinajstić information content (AvgIpc) is 2.09. The maximum absolute atomic E-state index is 7.54. The van der Waals surface area contributed by atoms with Crippen LogP contribution in [0.25, 0.3) is 0 Å². The predicted octanol–water partition coefficient (Wildman–Crippen LogP) is 1.99. The van der Waals surface area contributed by atoms with Crippen LogP contribution in [0.5, 0.6) is 0 Å². The van der Waals surface area contributed by atoms with Crippen molar-refractivity contribution in [2.75, 3.05) is 7.11 Å². The van der Waals surface area contributed by atoms with Crippen LogP contribution in [0.1, 0.15) is 9.68 Å². The highest BCUT2D eigenvalue weighted by atomic mass is 79.9. The molecule has 0 fully saturated rings. The van der Waals surface area contributed by atoms with Gasteiger partial charge in [0.2, 0.25) is 0 Å². The van der Waals surface area contributed by atoms with Crippen molar-refractivity contribution < 1.29 is 8.85 Å². The van der Waals surface area contributed by atoms with E-state index in [1.54, 1.807) is 0 Å². The number of aromatic nitrogens is 1. The summed E-state index contributed by atoms with van der Waals surface area (Å²) in [4.78, 5) is 3.67. The third-order valence-corrected chi connectivity index (χ3v) is 1.28. The van der Waals surface area contributed by atoms with Gasteiger partial charge < -0.3 is 4.74 Å². The Balaban J connectivity index is 3.28. The first-order valence-corrected chi connectivity index (χ1v) is 3.48. The molecule has 0 aliphatic carbocycles. The lowest BCUT2D eigenvalue weighted by Crippen LogP contribution is -1.87. The van der Waals surface area contributed by atoms with Gasteiger partial charge in [-0.1, -0.05) is 0 Å². The monoisotopic (exact) mass is 204 g/mol. The van der Waals surface area contributed by atoms with Crippen LogP contribution >= 0.6 is 15.9 Å². The summed E-state index contributed by atoms with van der Waals surface area (Å²) in [5, 5.41) is 0. The molecule has 0 aliphatic rings. The van der Waals surface area contributed by atoms with Crippen LogP contribution in [0.15, 0.2) is 22.9 Å². The Kier molecular flexibility index (Phi) is 1.64. The molecule has 0 N–H and O–H groups in total. The van der Waals surface area contributed by atoms with E-state index in [-0.39, 0.29) is 29.5 Å². The van der Waals surface area contributed by atoms with E-state index in [1.165, 1.54) is 7.11 Å². The van der Waals surface area contributed by atoms with E-state index in [4.69, 9.17) is 8.85 Å². The Morgan fingerprint density at radius 2 is 2.70 bits per heavy atom. The fourth-order valence-corrected chi connectivity index (χ4v) is 0.873. The molecule has 0 aliphatic heterocycles. The van der Waals surface area contributed by atoms with Gasteiger partial charge in [-0.05, 0) is 33.6 Å². The third kappa shape index (κ3) is 2.08. The number of hydrogen-bond acceptors (Lipinski definition) is 2. The lowest BCUT2D eigenvalue weighted by Gasteiger charge is -1.97. The topological polar surface area (TPSA) is 22.1 Å². The molecule has 1 aromatic rings. The second kappa shape index (κ2) is 3.68. The van der Waals surface area contributed by atoms with Gasteiger partial charge >= 0.3 is 0 Å². The van der Waals surface area contributed by atoms with Crippen molar-refractivity contribution >= 4 is 15.9 Å². The fourth-order valence-electron chi connectivity index (χ4n) is 0.545. The van der Waals surface area contributed by atoms with E-state index in [9.17, 15) is 0 Å². The van der Waals surface area contributed by atoms with Gasteiger partial charge in [0, 0.05) is 13.3 Å². The maximum atomic E-state index is 7.54. The molecule has 0 saturated carbocycles. The van der Waals surface area contributed by atoms with Crippen molar-refractivity contribution in [1.29, 1.82) is 0 Å². The summed E-state index contributed by atoms with van der Waals surface area (Å²) >= 11 is 3.04. The standard InChI is InChI=1S/C7H8BrNO/c1-10-5-6-2-3-9-7(8)4-6/h2-4H,5H2,1H3/i2D,3D,4D. The van der Waals surface area contributed by atoms with Crippen LogP contribution in [0.4, 0.5) is 0 Å². The lowest BCUT2D eigenvalue weighted by molar-refractivity contribution is 0.185. The first-order valence-electron chi connectivity index (χ1n) is 4.19. The Morgan fingerprint density at radius 1 is 1.90 bits per heavy atom. The quantitative estimate of drug-likeness (QED) is 0.688. The zero-order valence-corrected chi connectivity index (χ0v) is 7.03. The van der Waals surface area contributed by atoms with Crippen LogP contribution in [0.3, 0.4) is 0 Å². The number of hydrogen-bond donors (Lipinski definition) is 0. The molecular weight excluding hydrogens is 194 g/mol. The van der Waals surface area contributed by atoms with Crippen LogP contribution in [0, 0.1) is 0 Å². The smallest absolute Gasteiger partial charge is 0.106 e. The summed E-state index contributed by atoms with van der Waals surface area (Å²) in [5.41, 5.74) is 0.384. The van der Waals surface area contributed by atoms with E-state index in [2.05, 4.69) is 20.9 Å². The summed E-state index contributed by atoms with van der Waals surface area (Å²) in [6.07, 6.45) is -0.144. The predicted molar refractivity (Wildman–Crippen MR) is 42.7 cm³/mol. The minimum absolute atomic E-state index is 0.0462. The Bertz CT molecular complexity index is 306. The minimum Gasteiger partial charge on any atom is -0.380 e. The van der Waals surface area contributed by atoms with Gasteiger partial charge in [0.25, 0.3) is 0 Å². The van der Waals surface area contributed by atoms with Crippen molar-refractivity contribution in [2.24, 2.45) is 0 Å². The molecule has 10 heavy (non-hydrogen) atoms. The van der Waals surface area contributed by atoms with Gasteiger partial charge in [0.1, 0.15) is 4.60 Å². The molecular formula is C7H8BrNO. The van der Waals surface area contributed by atoms with Crippen LogP contribution in [0.2, 0.25) is 0 Å². The second-order valence-electron chi connectivity index (χ2n) is 1.68. The number of ether oxygens (including phenoxy) is 1. The van der Waals surface area contributed by atoms with Gasteiger partial charge in [-0.25, -0.2) is 4.98 Å². The molecule has 0 radical (unpaired) electrons. The Hall–Kier alpha value is -0.410. The molecule has 1 rings (SSSR count). The zero-order valence-electron chi connectivity index (χ0n) is 8.44. The number of nitrogens with zero attached hydrogens (tertiary/aromatic N) is 1. The highest BCUT2D eigenvalue weighted by Gasteiger charge is 1.91. The summed E-state index contributed by atoms with van der Waals surface area (Å²) in [5.74, 6) is 0. The Morgan fingerprint density at radius 3 is 3.40 bits per heavy atom. The number of halogens is 1. The minimum atomic E-state index is -0.144. The fraction of sp³-hybridized carbons (Fsp3) is 0.286. The Labute approximate surface area is 72.6 Å². The molecule has 3 heteroatoms. The van der Waals surface area contributed by atoms with Gasteiger partial charge in [0.05, 0.1) is 10.7 Å². The molecule has 2 nitrogen and oxygen atoms in total. The van der Waals surface area contributed by atoms with Gasteiger partial charge in [-0.2, -0.15) is 0 Å². The first kappa shape index (κ1) is 4.46. The summed E-state index contributed by atoms with van der Waals surface area (Å²) in [6, 6.07) is 0.0675. The normalized spacial score (nSPS) is 14.0. The second-order valence-corrected chi connectivity index (χ2v) is 2.43. The van der Waals surface area contributed by atoms with E-state index in [1.807, 2.05) is 0 Å². The highest BCUT2D eigenvalue weighted by Crippen LogP contribution is 2.08.